The lowest BCUT2D eigenvalue weighted by Crippen LogP contribution is -2.35. The van der Waals surface area contributed by atoms with Crippen LogP contribution >= 0.6 is 15.9 Å². The first kappa shape index (κ1) is 13.4. The molecule has 1 heterocycles. The van der Waals surface area contributed by atoms with Gasteiger partial charge in [0.1, 0.15) is 0 Å². The Hall–Kier alpha value is -1.03. The van der Waals surface area contributed by atoms with E-state index in [1.54, 1.807) is 0 Å². The first-order valence-corrected chi connectivity index (χ1v) is 7.17. The smallest absolute Gasteiger partial charge is 0.303 e. The van der Waals surface area contributed by atoms with Crippen molar-refractivity contribution in [1.29, 1.82) is 0 Å². The molecule has 0 spiro atoms. The molecule has 1 aromatic carbocycles. The van der Waals surface area contributed by atoms with Crippen LogP contribution in [0.1, 0.15) is 25.7 Å². The second-order valence-corrected chi connectivity index (χ2v) is 5.78. The van der Waals surface area contributed by atoms with Gasteiger partial charge in [0, 0.05) is 29.7 Å². The Bertz CT molecular complexity index is 405. The minimum atomic E-state index is -0.684. The molecule has 0 aromatic heterocycles. The number of rotatable bonds is 4. The van der Waals surface area contributed by atoms with E-state index in [4.69, 9.17) is 5.11 Å². The molecule has 4 heteroatoms. The van der Waals surface area contributed by atoms with Gasteiger partial charge in [0.25, 0.3) is 0 Å². The predicted octanol–water partition coefficient (Wildman–Crippen LogP) is 3.53. The Labute approximate surface area is 116 Å². The number of piperidine rings is 1. The van der Waals surface area contributed by atoms with Crippen LogP contribution < -0.4 is 4.90 Å². The molecule has 1 unspecified atom stereocenters. The Morgan fingerprint density at radius 3 is 2.78 bits per heavy atom. The molecule has 2 rings (SSSR count). The Morgan fingerprint density at radius 1 is 1.39 bits per heavy atom. The van der Waals surface area contributed by atoms with Crippen LogP contribution in [0.15, 0.2) is 28.7 Å². The second kappa shape index (κ2) is 6.23. The summed E-state index contributed by atoms with van der Waals surface area (Å²) in [6.07, 6.45) is 3.39. The van der Waals surface area contributed by atoms with Crippen molar-refractivity contribution in [2.45, 2.75) is 25.7 Å². The summed E-state index contributed by atoms with van der Waals surface area (Å²) in [6.45, 7) is 2.06. The maximum atomic E-state index is 10.6. The third-order valence-electron chi connectivity index (χ3n) is 3.48. The molecule has 98 valence electrons. The average Bonchev–Trinajstić information content (AvgIpc) is 2.37. The quantitative estimate of drug-likeness (QED) is 0.924. The minimum absolute atomic E-state index is 0.291. The maximum Gasteiger partial charge on any atom is 0.303 e. The molecule has 0 amide bonds. The van der Waals surface area contributed by atoms with E-state index >= 15 is 0 Å². The van der Waals surface area contributed by atoms with Gasteiger partial charge in [-0.3, -0.25) is 4.79 Å². The van der Waals surface area contributed by atoms with E-state index in [1.165, 1.54) is 5.69 Å². The molecule has 1 aliphatic rings. The molecule has 0 bridgehead atoms. The second-order valence-electron chi connectivity index (χ2n) is 4.86. The highest BCUT2D eigenvalue weighted by molar-refractivity contribution is 9.10. The van der Waals surface area contributed by atoms with E-state index in [9.17, 15) is 4.79 Å². The van der Waals surface area contributed by atoms with E-state index in [2.05, 4.69) is 45.1 Å². The highest BCUT2D eigenvalue weighted by Crippen LogP contribution is 2.26. The van der Waals surface area contributed by atoms with Crippen LogP contribution in [0.4, 0.5) is 5.69 Å². The van der Waals surface area contributed by atoms with E-state index < -0.39 is 5.97 Å². The molecular weight excluding hydrogens is 294 g/mol. The van der Waals surface area contributed by atoms with E-state index in [-0.39, 0.29) is 0 Å². The maximum absolute atomic E-state index is 10.6. The van der Waals surface area contributed by atoms with Crippen molar-refractivity contribution < 1.29 is 9.90 Å². The number of halogens is 1. The predicted molar refractivity (Wildman–Crippen MR) is 75.9 cm³/mol. The Kier molecular flexibility index (Phi) is 4.64. The normalized spacial score (nSPS) is 19.8. The topological polar surface area (TPSA) is 40.5 Å². The van der Waals surface area contributed by atoms with Crippen molar-refractivity contribution in [3.8, 4) is 0 Å². The van der Waals surface area contributed by atoms with E-state index in [1.807, 2.05) is 0 Å². The summed E-state index contributed by atoms with van der Waals surface area (Å²) in [5.41, 5.74) is 1.23. The van der Waals surface area contributed by atoms with Crippen LogP contribution in [-0.2, 0) is 4.79 Å². The summed E-state index contributed by atoms with van der Waals surface area (Å²) in [6, 6.07) is 8.33. The molecule has 1 aromatic rings. The van der Waals surface area contributed by atoms with Gasteiger partial charge in [0.05, 0.1) is 0 Å². The molecule has 1 fully saturated rings. The molecule has 1 aliphatic heterocycles. The highest BCUT2D eigenvalue weighted by atomic mass is 79.9. The Balaban J connectivity index is 1.93. The zero-order chi connectivity index (χ0) is 13.0. The van der Waals surface area contributed by atoms with Crippen molar-refractivity contribution in [1.82, 2.24) is 0 Å². The zero-order valence-corrected chi connectivity index (χ0v) is 11.9. The van der Waals surface area contributed by atoms with Crippen molar-refractivity contribution in [3.05, 3.63) is 28.7 Å². The molecular formula is C14H18BrNO2. The number of hydrogen-bond acceptors (Lipinski definition) is 2. The van der Waals surface area contributed by atoms with Crippen molar-refractivity contribution in [2.24, 2.45) is 5.92 Å². The van der Waals surface area contributed by atoms with Crippen molar-refractivity contribution in [3.63, 3.8) is 0 Å². The fourth-order valence-electron chi connectivity index (χ4n) is 2.51. The van der Waals surface area contributed by atoms with Crippen LogP contribution in [-0.4, -0.2) is 24.2 Å². The third kappa shape index (κ3) is 3.73. The van der Waals surface area contributed by atoms with Crippen LogP contribution in [0, 0.1) is 5.92 Å². The summed E-state index contributed by atoms with van der Waals surface area (Å²) in [7, 11) is 0. The summed E-state index contributed by atoms with van der Waals surface area (Å²) >= 11 is 3.44. The van der Waals surface area contributed by atoms with Gasteiger partial charge in [-0.15, -0.1) is 0 Å². The molecule has 0 saturated carbocycles. The van der Waals surface area contributed by atoms with Crippen LogP contribution in [0.25, 0.3) is 0 Å². The largest absolute Gasteiger partial charge is 0.481 e. The van der Waals surface area contributed by atoms with E-state index in [0.29, 0.717) is 12.3 Å². The van der Waals surface area contributed by atoms with Gasteiger partial charge in [0.2, 0.25) is 0 Å². The number of benzene rings is 1. The van der Waals surface area contributed by atoms with Gasteiger partial charge < -0.3 is 10.0 Å². The van der Waals surface area contributed by atoms with Crippen LogP contribution in [0.5, 0.6) is 0 Å². The van der Waals surface area contributed by atoms with Crippen LogP contribution in [0.2, 0.25) is 0 Å². The SMILES string of the molecule is O=C(O)CCC1CCCN(c2ccc(Br)cc2)C1. The monoisotopic (exact) mass is 311 g/mol. The third-order valence-corrected chi connectivity index (χ3v) is 4.01. The van der Waals surface area contributed by atoms with Gasteiger partial charge in [-0.25, -0.2) is 0 Å². The first-order chi connectivity index (χ1) is 8.65. The number of nitrogens with zero attached hydrogens (tertiary/aromatic N) is 1. The lowest BCUT2D eigenvalue weighted by molar-refractivity contribution is -0.137. The number of carboxylic acids is 1. The van der Waals surface area contributed by atoms with Gasteiger partial charge in [-0.2, -0.15) is 0 Å². The molecule has 1 saturated heterocycles. The molecule has 0 radical (unpaired) electrons. The summed E-state index contributed by atoms with van der Waals surface area (Å²) in [4.78, 5) is 13.0. The standard InChI is InChI=1S/C14H18BrNO2/c15-12-4-6-13(7-5-12)16-9-1-2-11(10-16)3-8-14(17)18/h4-7,11H,1-3,8-10H2,(H,17,18). The Morgan fingerprint density at radius 2 is 2.11 bits per heavy atom. The van der Waals surface area contributed by atoms with E-state index in [0.717, 1.165) is 36.8 Å². The van der Waals surface area contributed by atoms with Crippen LogP contribution in [0.3, 0.4) is 0 Å². The molecule has 3 nitrogen and oxygen atoms in total. The van der Waals surface area contributed by atoms with Gasteiger partial charge in [-0.05, 0) is 49.4 Å². The number of aliphatic carboxylic acids is 1. The van der Waals surface area contributed by atoms with Gasteiger partial charge in [0.15, 0.2) is 0 Å². The number of carboxylic acid groups (broad SMARTS) is 1. The average molecular weight is 312 g/mol. The molecule has 1 atom stereocenters. The van der Waals surface area contributed by atoms with Crippen molar-refractivity contribution >= 4 is 27.6 Å². The summed E-state index contributed by atoms with van der Waals surface area (Å²) in [5.74, 6) is -0.172. The first-order valence-electron chi connectivity index (χ1n) is 6.37. The summed E-state index contributed by atoms with van der Waals surface area (Å²) < 4.78 is 1.09. The number of carbonyl (C=O) groups is 1. The fraction of sp³-hybridized carbons (Fsp3) is 0.500. The molecule has 0 aliphatic carbocycles. The fourth-order valence-corrected chi connectivity index (χ4v) is 2.78. The molecule has 1 N–H and O–H groups in total. The summed E-state index contributed by atoms with van der Waals surface area (Å²) in [5, 5.41) is 8.74. The highest BCUT2D eigenvalue weighted by Gasteiger charge is 2.20. The van der Waals surface area contributed by atoms with Gasteiger partial charge >= 0.3 is 5.97 Å². The number of anilines is 1. The lowest BCUT2D eigenvalue weighted by Gasteiger charge is -2.34. The number of hydrogen-bond donors (Lipinski definition) is 1. The van der Waals surface area contributed by atoms with Crippen molar-refractivity contribution in [2.75, 3.05) is 18.0 Å². The minimum Gasteiger partial charge on any atom is -0.481 e. The van der Waals surface area contributed by atoms with Gasteiger partial charge in [-0.1, -0.05) is 15.9 Å². The lowest BCUT2D eigenvalue weighted by atomic mass is 9.93. The zero-order valence-electron chi connectivity index (χ0n) is 10.3. The molecule has 18 heavy (non-hydrogen) atoms.